The van der Waals surface area contributed by atoms with E-state index in [4.69, 9.17) is 0 Å². The summed E-state index contributed by atoms with van der Waals surface area (Å²) >= 11 is 0.318. The van der Waals surface area contributed by atoms with Crippen LogP contribution in [-0.2, 0) is 0 Å². The first-order valence-electron chi connectivity index (χ1n) is 2.83. The molecule has 0 amide bonds. The monoisotopic (exact) mass is 226 g/mol. The second kappa shape index (κ2) is 7.43. The van der Waals surface area contributed by atoms with Crippen molar-refractivity contribution in [2.75, 3.05) is 11.0 Å². The summed E-state index contributed by atoms with van der Waals surface area (Å²) < 4.78 is 4.70. The third-order valence-corrected chi connectivity index (χ3v) is 2.51. The molecule has 0 aliphatic rings. The number of rotatable bonds is 5. The molecule has 0 atom stereocenters. The molecule has 0 rings (SSSR count). The predicted molar refractivity (Wildman–Crippen MR) is 33.4 cm³/mol. The van der Waals surface area contributed by atoms with Crippen LogP contribution in [0.3, 0.4) is 0 Å². The Hall–Kier alpha value is 0.430. The van der Waals surface area contributed by atoms with Crippen molar-refractivity contribution in [3.8, 4) is 0 Å². The number of alkyl halides is 1. The van der Waals surface area contributed by atoms with Gasteiger partial charge in [0.15, 0.2) is 0 Å². The zero-order chi connectivity index (χ0) is 6.24. The fourth-order valence-electron chi connectivity index (χ4n) is 0.318. The van der Waals surface area contributed by atoms with Crippen molar-refractivity contribution in [3.63, 3.8) is 0 Å². The fourth-order valence-corrected chi connectivity index (χ4v) is 1.55. The maximum atomic E-state index is 3.63. The van der Waals surface area contributed by atoms with Gasteiger partial charge in [0, 0.05) is 0 Å². The van der Waals surface area contributed by atoms with E-state index in [-0.39, 0.29) is 0 Å². The summed E-state index contributed by atoms with van der Waals surface area (Å²) in [6.45, 7) is 6.98. The molecule has 0 aromatic heterocycles. The van der Waals surface area contributed by atoms with E-state index in [0.29, 0.717) is 21.5 Å². The average molecular weight is 226 g/mol. The standard InChI is InChI=1S/C6H13IN/c1-3-5-6-8-7-4-2/h3,8H,1,4-6H2,2H3/q-1. The molecule has 0 bridgehead atoms. The molecule has 0 saturated heterocycles. The van der Waals surface area contributed by atoms with Gasteiger partial charge >= 0.3 is 62.0 Å². The van der Waals surface area contributed by atoms with Crippen LogP contribution in [0.1, 0.15) is 13.3 Å². The molecular weight excluding hydrogens is 213 g/mol. The Bertz CT molecular complexity index is 54.5. The topological polar surface area (TPSA) is 12.0 Å². The molecule has 0 aromatic rings. The second-order valence-corrected chi connectivity index (χ2v) is 4.41. The van der Waals surface area contributed by atoms with Gasteiger partial charge in [-0.25, -0.2) is 0 Å². The van der Waals surface area contributed by atoms with Crippen molar-refractivity contribution in [1.82, 2.24) is 3.53 Å². The van der Waals surface area contributed by atoms with Crippen molar-refractivity contribution in [2.45, 2.75) is 13.3 Å². The molecule has 0 aliphatic heterocycles. The van der Waals surface area contributed by atoms with Gasteiger partial charge in [0.2, 0.25) is 0 Å². The third-order valence-electron chi connectivity index (χ3n) is 0.671. The van der Waals surface area contributed by atoms with Crippen LogP contribution < -0.4 is 25.0 Å². The summed E-state index contributed by atoms with van der Waals surface area (Å²) in [4.78, 5) is 0. The normalized spacial score (nSPS) is 9.62. The summed E-state index contributed by atoms with van der Waals surface area (Å²) in [7, 11) is 0. The summed E-state index contributed by atoms with van der Waals surface area (Å²) in [5.74, 6) is 0. The van der Waals surface area contributed by atoms with Gasteiger partial charge in [-0.2, -0.15) is 0 Å². The Kier molecular flexibility index (Phi) is 7.83. The van der Waals surface area contributed by atoms with Crippen molar-refractivity contribution >= 4 is 0 Å². The van der Waals surface area contributed by atoms with Crippen molar-refractivity contribution in [3.05, 3.63) is 12.7 Å². The third kappa shape index (κ3) is 6.43. The molecule has 0 heterocycles. The quantitative estimate of drug-likeness (QED) is 0.191. The maximum absolute atomic E-state index is 3.63. The molecule has 0 fully saturated rings. The summed E-state index contributed by atoms with van der Waals surface area (Å²) in [6.07, 6.45) is 3.06. The number of nitrogens with one attached hydrogen (secondary N) is 1. The zero-order valence-electron chi connectivity index (χ0n) is 5.28. The Morgan fingerprint density at radius 2 is 2.50 bits per heavy atom. The van der Waals surface area contributed by atoms with E-state index >= 15 is 0 Å². The number of hydrogen-bond donors (Lipinski definition) is 1. The van der Waals surface area contributed by atoms with E-state index in [9.17, 15) is 0 Å². The molecule has 1 nitrogen and oxygen atoms in total. The molecule has 0 radical (unpaired) electrons. The van der Waals surface area contributed by atoms with Crippen LogP contribution in [0.15, 0.2) is 12.7 Å². The van der Waals surface area contributed by atoms with Crippen LogP contribution in [-0.4, -0.2) is 11.0 Å². The molecule has 8 heavy (non-hydrogen) atoms. The molecule has 0 unspecified atom stereocenters. The summed E-state index contributed by atoms with van der Waals surface area (Å²) in [6, 6.07) is 0. The van der Waals surface area contributed by atoms with Gasteiger partial charge < -0.3 is 0 Å². The molecule has 50 valence electrons. The van der Waals surface area contributed by atoms with Gasteiger partial charge in [-0.1, -0.05) is 0 Å². The predicted octanol–water partition coefficient (Wildman–Crippen LogP) is -1.82. The van der Waals surface area contributed by atoms with Gasteiger partial charge in [-0.05, 0) is 0 Å². The van der Waals surface area contributed by atoms with Crippen molar-refractivity contribution < 1.29 is 21.5 Å². The minimum absolute atomic E-state index is 0.318. The van der Waals surface area contributed by atoms with E-state index in [2.05, 4.69) is 17.0 Å². The van der Waals surface area contributed by atoms with Crippen LogP contribution in [0.4, 0.5) is 0 Å². The zero-order valence-corrected chi connectivity index (χ0v) is 7.44. The Balaban J connectivity index is 2.62. The van der Waals surface area contributed by atoms with Crippen LogP contribution in [0.2, 0.25) is 0 Å². The van der Waals surface area contributed by atoms with Crippen molar-refractivity contribution in [1.29, 1.82) is 0 Å². The molecule has 2 heteroatoms. The number of hydrogen-bond acceptors (Lipinski definition) is 1. The fraction of sp³-hybridized carbons (Fsp3) is 0.667. The van der Waals surface area contributed by atoms with Crippen LogP contribution in [0, 0.1) is 0 Å². The van der Waals surface area contributed by atoms with E-state index in [1.807, 2.05) is 6.08 Å². The average Bonchev–Trinajstić information content (AvgIpc) is 1.81. The van der Waals surface area contributed by atoms with Gasteiger partial charge in [0.25, 0.3) is 0 Å². The first-order chi connectivity index (χ1) is 3.91. The van der Waals surface area contributed by atoms with Crippen LogP contribution >= 0.6 is 0 Å². The van der Waals surface area contributed by atoms with E-state index < -0.39 is 0 Å². The Morgan fingerprint density at radius 1 is 1.75 bits per heavy atom. The summed E-state index contributed by atoms with van der Waals surface area (Å²) in [5.41, 5.74) is 0. The SMILES string of the molecule is C=CCCN[I-]CC. The molecule has 0 spiro atoms. The van der Waals surface area contributed by atoms with Crippen molar-refractivity contribution in [2.24, 2.45) is 0 Å². The van der Waals surface area contributed by atoms with Gasteiger partial charge in [-0.3, -0.25) is 0 Å². The minimum atomic E-state index is 0.318. The Labute approximate surface area is 62.2 Å². The van der Waals surface area contributed by atoms with Gasteiger partial charge in [-0.15, -0.1) is 0 Å². The van der Waals surface area contributed by atoms with Gasteiger partial charge in [0.05, 0.1) is 0 Å². The molecule has 1 N–H and O–H groups in total. The summed E-state index contributed by atoms with van der Waals surface area (Å²) in [5, 5.41) is 0. The number of halogens is 1. The Morgan fingerprint density at radius 3 is 3.00 bits per heavy atom. The van der Waals surface area contributed by atoms with E-state index in [0.717, 1.165) is 13.0 Å². The first-order valence-corrected chi connectivity index (χ1v) is 5.44. The molecule has 0 aliphatic carbocycles. The van der Waals surface area contributed by atoms with Crippen LogP contribution in [0.25, 0.3) is 0 Å². The van der Waals surface area contributed by atoms with E-state index in [1.54, 1.807) is 0 Å². The molecule has 0 aromatic carbocycles. The van der Waals surface area contributed by atoms with E-state index in [1.165, 1.54) is 4.43 Å². The van der Waals surface area contributed by atoms with Crippen LogP contribution in [0.5, 0.6) is 0 Å². The first kappa shape index (κ1) is 8.43. The second-order valence-electron chi connectivity index (χ2n) is 1.36. The molecular formula is C6H13IN-. The van der Waals surface area contributed by atoms with Gasteiger partial charge in [0.1, 0.15) is 0 Å². The molecule has 0 saturated carbocycles.